The van der Waals surface area contributed by atoms with Crippen LogP contribution < -0.4 is 10.6 Å². The molecule has 2 heterocycles. The zero-order valence-corrected chi connectivity index (χ0v) is 16.6. The van der Waals surface area contributed by atoms with E-state index in [2.05, 4.69) is 10.6 Å². The average Bonchev–Trinajstić information content (AvgIpc) is 3.48. The Morgan fingerprint density at radius 3 is 2.10 bits per heavy atom. The minimum Gasteiger partial charge on any atom is -0.467 e. The van der Waals surface area contributed by atoms with E-state index in [0.717, 1.165) is 21.8 Å². The van der Waals surface area contributed by atoms with Gasteiger partial charge in [-0.05, 0) is 34.7 Å². The molecular formula is C24H22N2O2S. The minimum atomic E-state index is -0.186. The van der Waals surface area contributed by atoms with Gasteiger partial charge in [-0.25, -0.2) is 0 Å². The molecule has 4 aromatic rings. The predicted molar refractivity (Wildman–Crippen MR) is 116 cm³/mol. The summed E-state index contributed by atoms with van der Waals surface area (Å²) in [6.07, 6.45) is 1.65. The van der Waals surface area contributed by atoms with Gasteiger partial charge in [0.1, 0.15) is 5.76 Å². The lowest BCUT2D eigenvalue weighted by atomic mass is 10.0. The van der Waals surface area contributed by atoms with Crippen LogP contribution in [0.1, 0.15) is 33.8 Å². The maximum Gasteiger partial charge on any atom is 0.234 e. The monoisotopic (exact) mass is 402 g/mol. The fourth-order valence-electron chi connectivity index (χ4n) is 3.31. The minimum absolute atomic E-state index is 0.0697. The van der Waals surface area contributed by atoms with Gasteiger partial charge in [0, 0.05) is 4.88 Å². The van der Waals surface area contributed by atoms with E-state index in [-0.39, 0.29) is 24.5 Å². The van der Waals surface area contributed by atoms with E-state index in [1.807, 2.05) is 90.3 Å². The van der Waals surface area contributed by atoms with Crippen molar-refractivity contribution in [2.24, 2.45) is 0 Å². The summed E-state index contributed by atoms with van der Waals surface area (Å²) < 4.78 is 5.60. The predicted octanol–water partition coefficient (Wildman–Crippen LogP) is 4.93. The summed E-state index contributed by atoms with van der Waals surface area (Å²) in [4.78, 5) is 13.9. The summed E-state index contributed by atoms with van der Waals surface area (Å²) in [5.74, 6) is 0.710. The molecule has 0 saturated heterocycles. The molecule has 0 radical (unpaired) electrons. The fourth-order valence-corrected chi connectivity index (χ4v) is 4.11. The van der Waals surface area contributed by atoms with Gasteiger partial charge in [-0.2, -0.15) is 0 Å². The molecule has 0 spiro atoms. The van der Waals surface area contributed by atoms with Crippen LogP contribution in [-0.2, 0) is 4.79 Å². The zero-order valence-electron chi connectivity index (χ0n) is 15.8. The molecule has 0 unspecified atom stereocenters. The molecule has 0 aliphatic rings. The van der Waals surface area contributed by atoms with Gasteiger partial charge in [-0.15, -0.1) is 11.3 Å². The molecule has 146 valence electrons. The van der Waals surface area contributed by atoms with Crippen LogP contribution in [0.15, 0.2) is 101 Å². The molecule has 2 aromatic heterocycles. The van der Waals surface area contributed by atoms with Crippen molar-refractivity contribution in [1.29, 1.82) is 0 Å². The molecule has 0 saturated carbocycles. The highest BCUT2D eigenvalue weighted by molar-refractivity contribution is 7.10. The van der Waals surface area contributed by atoms with Crippen molar-refractivity contribution < 1.29 is 9.21 Å². The summed E-state index contributed by atoms with van der Waals surface area (Å²) in [6, 6.07) is 27.5. The first-order valence-corrected chi connectivity index (χ1v) is 10.4. The molecule has 4 nitrogen and oxygen atoms in total. The molecule has 29 heavy (non-hydrogen) atoms. The van der Waals surface area contributed by atoms with Crippen LogP contribution in [0.5, 0.6) is 0 Å². The van der Waals surface area contributed by atoms with Crippen molar-refractivity contribution >= 4 is 17.2 Å². The third-order valence-electron chi connectivity index (χ3n) is 4.69. The molecule has 4 rings (SSSR count). The van der Waals surface area contributed by atoms with Gasteiger partial charge < -0.3 is 9.73 Å². The molecule has 1 amide bonds. The van der Waals surface area contributed by atoms with Crippen LogP contribution in [0.4, 0.5) is 0 Å². The number of rotatable bonds is 8. The Labute approximate surface area is 174 Å². The maximum atomic E-state index is 12.8. The lowest BCUT2D eigenvalue weighted by molar-refractivity contribution is -0.120. The van der Waals surface area contributed by atoms with Crippen molar-refractivity contribution in [3.05, 3.63) is 118 Å². The van der Waals surface area contributed by atoms with Crippen LogP contribution in [0.2, 0.25) is 0 Å². The Morgan fingerprint density at radius 1 is 0.828 bits per heavy atom. The van der Waals surface area contributed by atoms with Crippen LogP contribution >= 0.6 is 11.3 Å². The Hall–Kier alpha value is -3.15. The Bertz CT molecular complexity index is 1000. The Morgan fingerprint density at radius 2 is 1.52 bits per heavy atom. The van der Waals surface area contributed by atoms with E-state index in [1.54, 1.807) is 17.6 Å². The van der Waals surface area contributed by atoms with E-state index in [1.165, 1.54) is 0 Å². The molecule has 2 N–H and O–H groups in total. The molecule has 2 aromatic carbocycles. The number of furan rings is 1. The SMILES string of the molecule is O=C(CN[C@@H](c1ccccc1)c1ccco1)N[C@@H](c1ccccc1)c1cccs1. The van der Waals surface area contributed by atoms with Crippen molar-refractivity contribution in [2.45, 2.75) is 12.1 Å². The highest BCUT2D eigenvalue weighted by atomic mass is 32.1. The van der Waals surface area contributed by atoms with Gasteiger partial charge in [0.25, 0.3) is 0 Å². The molecule has 5 heteroatoms. The largest absolute Gasteiger partial charge is 0.467 e. The second kappa shape index (κ2) is 9.37. The molecular weight excluding hydrogens is 380 g/mol. The summed E-state index contributed by atoms with van der Waals surface area (Å²) in [6.45, 7) is 0.176. The quantitative estimate of drug-likeness (QED) is 0.440. The average molecular weight is 403 g/mol. The van der Waals surface area contributed by atoms with Gasteiger partial charge in [0.05, 0.1) is 24.9 Å². The van der Waals surface area contributed by atoms with Crippen LogP contribution in [0.25, 0.3) is 0 Å². The fraction of sp³-hybridized carbons (Fsp3) is 0.125. The maximum absolute atomic E-state index is 12.8. The number of amides is 1. The van der Waals surface area contributed by atoms with Crippen LogP contribution in [0, 0.1) is 0 Å². The highest BCUT2D eigenvalue weighted by Crippen LogP contribution is 2.26. The van der Waals surface area contributed by atoms with Gasteiger partial charge in [-0.3, -0.25) is 10.1 Å². The summed E-state index contributed by atoms with van der Waals surface area (Å²) in [5.41, 5.74) is 2.11. The number of hydrogen-bond donors (Lipinski definition) is 2. The number of carbonyl (C=O) groups excluding carboxylic acids is 1. The van der Waals surface area contributed by atoms with Crippen LogP contribution in [0.3, 0.4) is 0 Å². The number of carbonyl (C=O) groups is 1. The van der Waals surface area contributed by atoms with E-state index >= 15 is 0 Å². The molecule has 2 atom stereocenters. The number of hydrogen-bond acceptors (Lipinski definition) is 4. The third-order valence-corrected chi connectivity index (χ3v) is 5.63. The van der Waals surface area contributed by atoms with Crippen molar-refractivity contribution in [3.63, 3.8) is 0 Å². The number of thiophene rings is 1. The second-order valence-electron chi connectivity index (χ2n) is 6.67. The molecule has 0 aliphatic heterocycles. The first-order valence-electron chi connectivity index (χ1n) is 9.50. The van der Waals surface area contributed by atoms with Gasteiger partial charge in [-0.1, -0.05) is 66.7 Å². The smallest absolute Gasteiger partial charge is 0.234 e. The molecule has 0 aliphatic carbocycles. The zero-order chi connectivity index (χ0) is 19.9. The lowest BCUT2D eigenvalue weighted by Gasteiger charge is -2.20. The van der Waals surface area contributed by atoms with Crippen molar-refractivity contribution in [1.82, 2.24) is 10.6 Å². The summed E-state index contributed by atoms with van der Waals surface area (Å²) >= 11 is 1.64. The van der Waals surface area contributed by atoms with Gasteiger partial charge in [0.2, 0.25) is 5.91 Å². The van der Waals surface area contributed by atoms with Crippen molar-refractivity contribution in [3.8, 4) is 0 Å². The number of nitrogens with one attached hydrogen (secondary N) is 2. The molecule has 0 bridgehead atoms. The van der Waals surface area contributed by atoms with Crippen LogP contribution in [-0.4, -0.2) is 12.5 Å². The highest BCUT2D eigenvalue weighted by Gasteiger charge is 2.20. The second-order valence-corrected chi connectivity index (χ2v) is 7.65. The van der Waals surface area contributed by atoms with E-state index < -0.39 is 0 Å². The number of benzene rings is 2. The normalized spacial score (nSPS) is 13.0. The molecule has 0 fully saturated rings. The van der Waals surface area contributed by atoms with Crippen molar-refractivity contribution in [2.75, 3.05) is 6.54 Å². The topological polar surface area (TPSA) is 54.3 Å². The van der Waals surface area contributed by atoms with E-state index in [9.17, 15) is 4.79 Å². The standard InChI is InChI=1S/C24H22N2O2S/c27-22(26-24(21-14-8-16-29-21)19-11-5-2-6-12-19)17-25-23(20-13-7-15-28-20)18-9-3-1-4-10-18/h1-16,23-25H,17H2,(H,26,27)/t23-,24-/m0/s1. The van der Waals surface area contributed by atoms with E-state index in [0.29, 0.717) is 0 Å². The first-order chi connectivity index (χ1) is 14.3. The Balaban J connectivity index is 1.47. The van der Waals surface area contributed by atoms with Gasteiger partial charge >= 0.3 is 0 Å². The van der Waals surface area contributed by atoms with Gasteiger partial charge in [0.15, 0.2) is 0 Å². The summed E-state index contributed by atoms with van der Waals surface area (Å²) in [7, 11) is 0. The van der Waals surface area contributed by atoms with E-state index in [4.69, 9.17) is 4.42 Å². The lowest BCUT2D eigenvalue weighted by Crippen LogP contribution is -2.38. The Kier molecular flexibility index (Phi) is 6.19. The summed E-state index contributed by atoms with van der Waals surface area (Å²) in [5, 5.41) is 8.53. The first kappa shape index (κ1) is 19.2. The third kappa shape index (κ3) is 4.83.